The van der Waals surface area contributed by atoms with Gasteiger partial charge in [-0.2, -0.15) is 0 Å². The number of rotatable bonds is 1. The van der Waals surface area contributed by atoms with Crippen LogP contribution in [-0.4, -0.2) is 11.8 Å². The highest BCUT2D eigenvalue weighted by atomic mass is 19.1. The lowest BCUT2D eigenvalue weighted by molar-refractivity contribution is -0.123. The Kier molecular flexibility index (Phi) is 1.70. The van der Waals surface area contributed by atoms with Crippen molar-refractivity contribution in [2.75, 3.05) is 4.90 Å². The third-order valence-corrected chi connectivity index (χ3v) is 2.97. The molecule has 2 aliphatic rings. The molecule has 1 aromatic carbocycles. The van der Waals surface area contributed by atoms with Crippen molar-refractivity contribution in [2.45, 2.75) is 6.42 Å². The van der Waals surface area contributed by atoms with Crippen LogP contribution in [0.15, 0.2) is 18.2 Å². The van der Waals surface area contributed by atoms with E-state index in [4.69, 9.17) is 0 Å². The van der Waals surface area contributed by atoms with Gasteiger partial charge in [0.2, 0.25) is 11.8 Å². The Morgan fingerprint density at radius 3 is 2.00 bits per heavy atom. The van der Waals surface area contributed by atoms with Gasteiger partial charge in [-0.05, 0) is 18.6 Å². The van der Waals surface area contributed by atoms with E-state index in [9.17, 15) is 18.4 Å². The van der Waals surface area contributed by atoms with Crippen LogP contribution in [0.5, 0.6) is 0 Å². The summed E-state index contributed by atoms with van der Waals surface area (Å²) in [7, 11) is 0. The molecule has 1 heterocycles. The molecule has 0 bridgehead atoms. The Hall–Kier alpha value is -1.78. The number of piperidine rings is 1. The number of benzene rings is 1. The molecular weight excluding hydrogens is 216 g/mol. The molecule has 2 unspecified atom stereocenters. The SMILES string of the molecule is O=C1C2CC2C(=O)N1c1cc(F)cc(F)c1. The number of carbonyl (C=O) groups is 2. The van der Waals surface area contributed by atoms with Crippen molar-refractivity contribution in [2.24, 2.45) is 11.8 Å². The summed E-state index contributed by atoms with van der Waals surface area (Å²) in [6.45, 7) is 0. The summed E-state index contributed by atoms with van der Waals surface area (Å²) in [6.07, 6.45) is 0.575. The number of hydrogen-bond acceptors (Lipinski definition) is 2. The molecule has 16 heavy (non-hydrogen) atoms. The van der Waals surface area contributed by atoms with Crippen LogP contribution in [0.1, 0.15) is 6.42 Å². The van der Waals surface area contributed by atoms with Crippen LogP contribution in [-0.2, 0) is 9.59 Å². The molecule has 0 N–H and O–H groups in total. The number of carbonyl (C=O) groups excluding carboxylic acids is 2. The molecule has 1 saturated heterocycles. The van der Waals surface area contributed by atoms with Crippen LogP contribution in [0.3, 0.4) is 0 Å². The molecule has 2 atom stereocenters. The normalized spacial score (nSPS) is 27.2. The van der Waals surface area contributed by atoms with Gasteiger partial charge in [0, 0.05) is 6.07 Å². The zero-order valence-electron chi connectivity index (χ0n) is 8.11. The largest absolute Gasteiger partial charge is 0.274 e. The number of imide groups is 1. The van der Waals surface area contributed by atoms with Gasteiger partial charge in [-0.1, -0.05) is 0 Å². The highest BCUT2D eigenvalue weighted by molar-refractivity contribution is 6.24. The van der Waals surface area contributed by atoms with Crippen molar-refractivity contribution < 1.29 is 18.4 Å². The number of hydrogen-bond donors (Lipinski definition) is 0. The minimum Gasteiger partial charge on any atom is -0.274 e. The predicted octanol–water partition coefficient (Wildman–Crippen LogP) is 1.47. The van der Waals surface area contributed by atoms with E-state index in [0.717, 1.165) is 17.0 Å². The monoisotopic (exact) mass is 223 g/mol. The van der Waals surface area contributed by atoms with E-state index >= 15 is 0 Å². The van der Waals surface area contributed by atoms with Gasteiger partial charge in [-0.15, -0.1) is 0 Å². The molecule has 1 aromatic rings. The molecule has 0 radical (unpaired) electrons. The van der Waals surface area contributed by atoms with Crippen molar-refractivity contribution in [3.05, 3.63) is 29.8 Å². The highest BCUT2D eigenvalue weighted by Gasteiger charge is 2.59. The number of nitrogens with zero attached hydrogens (tertiary/aromatic N) is 1. The molecule has 2 fully saturated rings. The van der Waals surface area contributed by atoms with E-state index in [0.29, 0.717) is 12.5 Å². The number of anilines is 1. The summed E-state index contributed by atoms with van der Waals surface area (Å²) in [6, 6.07) is 2.68. The molecule has 3 rings (SSSR count). The summed E-state index contributed by atoms with van der Waals surface area (Å²) in [5.41, 5.74) is -0.0142. The molecule has 1 aliphatic carbocycles. The lowest BCUT2D eigenvalue weighted by atomic mass is 10.2. The second kappa shape index (κ2) is 2.87. The van der Waals surface area contributed by atoms with Gasteiger partial charge < -0.3 is 0 Å². The molecule has 3 nitrogen and oxygen atoms in total. The summed E-state index contributed by atoms with van der Waals surface area (Å²) in [5.74, 6) is -2.81. The van der Waals surface area contributed by atoms with Gasteiger partial charge in [0.15, 0.2) is 0 Å². The third kappa shape index (κ3) is 1.17. The molecule has 5 heteroatoms. The van der Waals surface area contributed by atoms with Crippen molar-refractivity contribution >= 4 is 17.5 Å². The first kappa shape index (κ1) is 9.45. The van der Waals surface area contributed by atoms with E-state index < -0.39 is 11.6 Å². The van der Waals surface area contributed by atoms with Crippen molar-refractivity contribution in [1.82, 2.24) is 0 Å². The fraction of sp³-hybridized carbons (Fsp3) is 0.273. The van der Waals surface area contributed by atoms with Crippen molar-refractivity contribution in [3.8, 4) is 0 Å². The maximum Gasteiger partial charge on any atom is 0.237 e. The van der Waals surface area contributed by atoms with Gasteiger partial charge in [0.1, 0.15) is 11.6 Å². The van der Waals surface area contributed by atoms with E-state index in [1.54, 1.807) is 0 Å². The maximum absolute atomic E-state index is 13.0. The first-order valence-electron chi connectivity index (χ1n) is 4.92. The minimum absolute atomic E-state index is 0.0142. The van der Waals surface area contributed by atoms with Crippen LogP contribution < -0.4 is 4.90 Å². The number of amides is 2. The first-order valence-corrected chi connectivity index (χ1v) is 4.92. The van der Waals surface area contributed by atoms with Crippen LogP contribution in [0, 0.1) is 23.5 Å². The van der Waals surface area contributed by atoms with Crippen molar-refractivity contribution in [3.63, 3.8) is 0 Å². The second-order valence-electron chi connectivity index (χ2n) is 4.09. The molecule has 0 spiro atoms. The average molecular weight is 223 g/mol. The Bertz CT molecular complexity index is 474. The summed E-state index contributed by atoms with van der Waals surface area (Å²) < 4.78 is 25.9. The molecule has 2 amide bonds. The minimum atomic E-state index is -0.795. The van der Waals surface area contributed by atoms with Gasteiger partial charge >= 0.3 is 0 Å². The van der Waals surface area contributed by atoms with Crippen LogP contribution in [0.25, 0.3) is 0 Å². The molecular formula is C11H7F2NO2. The zero-order valence-corrected chi connectivity index (χ0v) is 8.11. The molecule has 1 saturated carbocycles. The van der Waals surface area contributed by atoms with Gasteiger partial charge in [0.05, 0.1) is 17.5 Å². The maximum atomic E-state index is 13.0. The van der Waals surface area contributed by atoms with Gasteiger partial charge in [-0.25, -0.2) is 13.7 Å². The fourth-order valence-electron chi connectivity index (χ4n) is 2.10. The quantitative estimate of drug-likeness (QED) is 0.676. The van der Waals surface area contributed by atoms with E-state index in [1.807, 2.05) is 0 Å². The van der Waals surface area contributed by atoms with Crippen LogP contribution in [0.2, 0.25) is 0 Å². The Labute approximate surface area is 89.7 Å². The standard InChI is InChI=1S/C11H7F2NO2/c12-5-1-6(13)3-7(2-5)14-10(15)8-4-9(8)11(14)16/h1-3,8-9H,4H2. The predicted molar refractivity (Wildman–Crippen MR) is 50.4 cm³/mol. The van der Waals surface area contributed by atoms with E-state index in [1.165, 1.54) is 0 Å². The fourth-order valence-corrected chi connectivity index (χ4v) is 2.10. The van der Waals surface area contributed by atoms with Crippen LogP contribution in [0.4, 0.5) is 14.5 Å². The Morgan fingerprint density at radius 1 is 1.00 bits per heavy atom. The summed E-state index contributed by atoms with van der Waals surface area (Å²) in [5, 5.41) is 0. The van der Waals surface area contributed by atoms with E-state index in [2.05, 4.69) is 0 Å². The molecule has 0 aromatic heterocycles. The average Bonchev–Trinajstić information content (AvgIpc) is 2.90. The number of fused-ring (bicyclic) bond motifs is 1. The molecule has 82 valence electrons. The van der Waals surface area contributed by atoms with Gasteiger partial charge in [0.25, 0.3) is 0 Å². The lowest BCUT2D eigenvalue weighted by Gasteiger charge is -2.16. The highest BCUT2D eigenvalue weighted by Crippen LogP contribution is 2.48. The number of halogens is 2. The molecule has 1 aliphatic heterocycles. The van der Waals surface area contributed by atoms with Gasteiger partial charge in [-0.3, -0.25) is 9.59 Å². The lowest BCUT2D eigenvalue weighted by Crippen LogP contribution is -2.32. The van der Waals surface area contributed by atoms with Crippen molar-refractivity contribution in [1.29, 1.82) is 0 Å². The third-order valence-electron chi connectivity index (χ3n) is 2.97. The second-order valence-corrected chi connectivity index (χ2v) is 4.09. The van der Waals surface area contributed by atoms with E-state index in [-0.39, 0.29) is 29.3 Å². The first-order chi connectivity index (χ1) is 7.58. The smallest absolute Gasteiger partial charge is 0.237 e. The Balaban J connectivity index is 2.04. The zero-order chi connectivity index (χ0) is 11.4. The summed E-state index contributed by atoms with van der Waals surface area (Å²) >= 11 is 0. The van der Waals surface area contributed by atoms with Crippen LogP contribution >= 0.6 is 0 Å². The summed E-state index contributed by atoms with van der Waals surface area (Å²) in [4.78, 5) is 24.2. The topological polar surface area (TPSA) is 37.4 Å². The Morgan fingerprint density at radius 2 is 1.50 bits per heavy atom.